The standard InChI is InChI=1S/C9H11N3O3/c13-8(6-4-10-11-5-6)12-3-1-2-7(12)9(14)15/h4-5,7H,1-3H2,(H,10,11)(H,14,15)/t7-/m0/s1. The molecule has 0 bridgehead atoms. The highest BCUT2D eigenvalue weighted by Gasteiger charge is 2.34. The van der Waals surface area contributed by atoms with Crippen molar-refractivity contribution in [3.05, 3.63) is 18.0 Å². The van der Waals surface area contributed by atoms with Crippen molar-refractivity contribution < 1.29 is 14.7 Å². The Morgan fingerprint density at radius 2 is 2.40 bits per heavy atom. The largest absolute Gasteiger partial charge is 0.480 e. The molecule has 0 saturated carbocycles. The minimum atomic E-state index is -0.940. The summed E-state index contributed by atoms with van der Waals surface area (Å²) in [6, 6.07) is -0.688. The van der Waals surface area contributed by atoms with Crippen molar-refractivity contribution in [3.8, 4) is 0 Å². The first-order valence-corrected chi connectivity index (χ1v) is 4.72. The van der Waals surface area contributed by atoms with E-state index in [9.17, 15) is 9.59 Å². The second-order valence-electron chi connectivity index (χ2n) is 3.48. The first-order chi connectivity index (χ1) is 7.20. The maximum absolute atomic E-state index is 11.8. The third-order valence-corrected chi connectivity index (χ3v) is 2.54. The lowest BCUT2D eigenvalue weighted by atomic mass is 10.2. The highest BCUT2D eigenvalue weighted by atomic mass is 16.4. The van der Waals surface area contributed by atoms with Crippen molar-refractivity contribution in [1.29, 1.82) is 0 Å². The number of hydrogen-bond donors (Lipinski definition) is 2. The Kier molecular flexibility index (Phi) is 2.40. The fourth-order valence-corrected chi connectivity index (χ4v) is 1.80. The molecular formula is C9H11N3O3. The van der Waals surface area contributed by atoms with Gasteiger partial charge >= 0.3 is 5.97 Å². The SMILES string of the molecule is O=C(O)[C@@H]1CCCN1C(=O)c1cn[nH]c1. The van der Waals surface area contributed by atoms with E-state index in [0.29, 0.717) is 18.5 Å². The molecule has 0 radical (unpaired) electrons. The summed E-state index contributed by atoms with van der Waals surface area (Å²) < 4.78 is 0. The quantitative estimate of drug-likeness (QED) is 0.723. The molecule has 0 unspecified atom stereocenters. The average molecular weight is 209 g/mol. The number of carboxylic acid groups (broad SMARTS) is 1. The van der Waals surface area contributed by atoms with Crippen molar-refractivity contribution in [2.24, 2.45) is 0 Å². The van der Waals surface area contributed by atoms with Gasteiger partial charge in [-0.15, -0.1) is 0 Å². The molecule has 1 fully saturated rings. The number of amides is 1. The number of carbonyl (C=O) groups excluding carboxylic acids is 1. The number of nitrogens with one attached hydrogen (secondary N) is 1. The van der Waals surface area contributed by atoms with Crippen molar-refractivity contribution in [3.63, 3.8) is 0 Å². The second kappa shape index (κ2) is 3.72. The molecule has 1 aliphatic heterocycles. The number of H-pyrrole nitrogens is 1. The fraction of sp³-hybridized carbons (Fsp3) is 0.444. The van der Waals surface area contributed by atoms with Crippen molar-refractivity contribution in [2.75, 3.05) is 6.54 Å². The zero-order valence-electron chi connectivity index (χ0n) is 8.01. The highest BCUT2D eigenvalue weighted by Crippen LogP contribution is 2.19. The Morgan fingerprint density at radius 1 is 1.60 bits per heavy atom. The van der Waals surface area contributed by atoms with Gasteiger partial charge in [0.25, 0.3) is 5.91 Å². The van der Waals surface area contributed by atoms with Gasteiger partial charge in [0.1, 0.15) is 6.04 Å². The number of nitrogens with zero attached hydrogens (tertiary/aromatic N) is 2. The predicted octanol–water partition coefficient (Wildman–Crippen LogP) is 0.0989. The molecule has 2 rings (SSSR count). The van der Waals surface area contributed by atoms with Crippen LogP contribution in [0.2, 0.25) is 0 Å². The van der Waals surface area contributed by atoms with Crippen molar-refractivity contribution in [2.45, 2.75) is 18.9 Å². The van der Waals surface area contributed by atoms with Gasteiger partial charge in [0.05, 0.1) is 11.8 Å². The zero-order chi connectivity index (χ0) is 10.8. The number of rotatable bonds is 2. The molecule has 15 heavy (non-hydrogen) atoms. The van der Waals surface area contributed by atoms with E-state index in [1.165, 1.54) is 17.3 Å². The van der Waals surface area contributed by atoms with E-state index in [-0.39, 0.29) is 5.91 Å². The molecule has 1 amide bonds. The number of carbonyl (C=O) groups is 2. The molecule has 1 atom stereocenters. The van der Waals surface area contributed by atoms with E-state index in [1.54, 1.807) is 0 Å². The summed E-state index contributed by atoms with van der Waals surface area (Å²) in [5.74, 6) is -1.21. The van der Waals surface area contributed by atoms with Crippen molar-refractivity contribution in [1.82, 2.24) is 15.1 Å². The molecule has 6 heteroatoms. The maximum atomic E-state index is 11.8. The molecular weight excluding hydrogens is 198 g/mol. The number of hydrogen-bond acceptors (Lipinski definition) is 3. The van der Waals surface area contributed by atoms with E-state index in [0.717, 1.165) is 6.42 Å². The lowest BCUT2D eigenvalue weighted by Gasteiger charge is -2.20. The molecule has 2 N–H and O–H groups in total. The molecule has 80 valence electrons. The van der Waals surface area contributed by atoms with Crippen LogP contribution in [0.15, 0.2) is 12.4 Å². The third-order valence-electron chi connectivity index (χ3n) is 2.54. The Hall–Kier alpha value is -1.85. The number of carboxylic acids is 1. The Labute approximate surface area is 85.9 Å². The molecule has 1 saturated heterocycles. The van der Waals surface area contributed by atoms with E-state index < -0.39 is 12.0 Å². The third kappa shape index (κ3) is 1.70. The maximum Gasteiger partial charge on any atom is 0.326 e. The average Bonchev–Trinajstić information content (AvgIpc) is 2.88. The van der Waals surface area contributed by atoms with Crippen LogP contribution in [0.4, 0.5) is 0 Å². The molecule has 1 aromatic heterocycles. The summed E-state index contributed by atoms with van der Waals surface area (Å²) in [6.07, 6.45) is 4.14. The molecule has 2 heterocycles. The molecule has 1 aromatic rings. The van der Waals surface area contributed by atoms with E-state index in [2.05, 4.69) is 10.2 Å². The number of likely N-dealkylation sites (tertiary alicyclic amines) is 1. The number of aliphatic carboxylic acids is 1. The highest BCUT2D eigenvalue weighted by molar-refractivity contribution is 5.96. The summed E-state index contributed by atoms with van der Waals surface area (Å²) in [7, 11) is 0. The van der Waals surface area contributed by atoms with Gasteiger partial charge in [-0.2, -0.15) is 5.10 Å². The Bertz CT molecular complexity index is 374. The smallest absolute Gasteiger partial charge is 0.326 e. The van der Waals surface area contributed by atoms with Crippen molar-refractivity contribution >= 4 is 11.9 Å². The van der Waals surface area contributed by atoms with Gasteiger partial charge in [-0.1, -0.05) is 0 Å². The van der Waals surface area contributed by atoms with Crippen LogP contribution in [-0.4, -0.2) is 44.7 Å². The zero-order valence-corrected chi connectivity index (χ0v) is 8.01. The number of aromatic amines is 1. The fourth-order valence-electron chi connectivity index (χ4n) is 1.80. The lowest BCUT2D eigenvalue weighted by molar-refractivity contribution is -0.141. The minimum Gasteiger partial charge on any atom is -0.480 e. The summed E-state index contributed by atoms with van der Waals surface area (Å²) in [6.45, 7) is 0.501. The van der Waals surface area contributed by atoms with Crippen LogP contribution in [0.1, 0.15) is 23.2 Å². The molecule has 1 aliphatic rings. The van der Waals surface area contributed by atoms with Gasteiger partial charge in [0, 0.05) is 12.7 Å². The van der Waals surface area contributed by atoms with Crippen LogP contribution in [0.3, 0.4) is 0 Å². The van der Waals surface area contributed by atoms with Gasteiger partial charge < -0.3 is 10.0 Å². The van der Waals surface area contributed by atoms with Gasteiger partial charge in [0.2, 0.25) is 0 Å². The van der Waals surface area contributed by atoms with Crippen LogP contribution in [0.5, 0.6) is 0 Å². The van der Waals surface area contributed by atoms with Crippen LogP contribution in [0.25, 0.3) is 0 Å². The summed E-state index contributed by atoms with van der Waals surface area (Å²) in [5.41, 5.74) is 0.406. The first-order valence-electron chi connectivity index (χ1n) is 4.72. The van der Waals surface area contributed by atoms with Crippen LogP contribution >= 0.6 is 0 Å². The predicted molar refractivity (Wildman–Crippen MR) is 50.3 cm³/mol. The molecule has 0 spiro atoms. The monoisotopic (exact) mass is 209 g/mol. The van der Waals surface area contributed by atoms with Crippen LogP contribution in [0, 0.1) is 0 Å². The van der Waals surface area contributed by atoms with E-state index >= 15 is 0 Å². The van der Waals surface area contributed by atoms with E-state index in [1.807, 2.05) is 0 Å². The van der Waals surface area contributed by atoms with E-state index in [4.69, 9.17) is 5.11 Å². The topological polar surface area (TPSA) is 86.3 Å². The summed E-state index contributed by atoms with van der Waals surface area (Å²) in [5, 5.41) is 15.1. The molecule has 0 aliphatic carbocycles. The molecule has 6 nitrogen and oxygen atoms in total. The first kappa shape index (κ1) is 9.70. The van der Waals surface area contributed by atoms with Crippen LogP contribution < -0.4 is 0 Å². The summed E-state index contributed by atoms with van der Waals surface area (Å²) in [4.78, 5) is 24.1. The van der Waals surface area contributed by atoms with Gasteiger partial charge in [-0.25, -0.2) is 4.79 Å². The lowest BCUT2D eigenvalue weighted by Crippen LogP contribution is -2.40. The normalized spacial score (nSPS) is 20.5. The minimum absolute atomic E-state index is 0.270. The van der Waals surface area contributed by atoms with Gasteiger partial charge in [-0.3, -0.25) is 9.89 Å². The second-order valence-corrected chi connectivity index (χ2v) is 3.48. The van der Waals surface area contributed by atoms with Crippen LogP contribution in [-0.2, 0) is 4.79 Å². The van der Waals surface area contributed by atoms with Gasteiger partial charge in [-0.05, 0) is 12.8 Å². The van der Waals surface area contributed by atoms with Gasteiger partial charge in [0.15, 0.2) is 0 Å². The Balaban J connectivity index is 2.17. The number of aromatic nitrogens is 2. The Morgan fingerprint density at radius 3 is 3.00 bits per heavy atom. The summed E-state index contributed by atoms with van der Waals surface area (Å²) >= 11 is 0. The molecule has 0 aromatic carbocycles.